The number of esters is 1. The summed E-state index contributed by atoms with van der Waals surface area (Å²) in [6, 6.07) is 5.35. The molecule has 0 radical (unpaired) electrons. The molecule has 11 heteroatoms. The van der Waals surface area contributed by atoms with Crippen molar-refractivity contribution < 1.29 is 43.1 Å². The second kappa shape index (κ2) is 9.78. The molecule has 11 nitrogen and oxygen atoms in total. The fourth-order valence-electron chi connectivity index (χ4n) is 2.07. The van der Waals surface area contributed by atoms with Crippen LogP contribution in [0.5, 0.6) is 29.3 Å². The van der Waals surface area contributed by atoms with Gasteiger partial charge in [-0.3, -0.25) is 0 Å². The molecule has 0 amide bonds. The van der Waals surface area contributed by atoms with Gasteiger partial charge >= 0.3 is 17.9 Å². The van der Waals surface area contributed by atoms with Crippen molar-refractivity contribution >= 4 is 11.9 Å². The summed E-state index contributed by atoms with van der Waals surface area (Å²) in [5, 5.41) is 9.65. The Balaban J connectivity index is 2.47. The number of ether oxygens (including phenoxy) is 6. The van der Waals surface area contributed by atoms with Gasteiger partial charge in [-0.25, -0.2) is 9.59 Å². The van der Waals surface area contributed by atoms with Crippen LogP contribution in [0.15, 0.2) is 36.3 Å². The first-order chi connectivity index (χ1) is 13.9. The highest BCUT2D eigenvalue weighted by Crippen LogP contribution is 2.33. The molecule has 1 heterocycles. The first-order valence-electron chi connectivity index (χ1n) is 7.93. The third-order valence-corrected chi connectivity index (χ3v) is 3.31. The monoisotopic (exact) mass is 406 g/mol. The van der Waals surface area contributed by atoms with E-state index in [-0.39, 0.29) is 40.6 Å². The van der Waals surface area contributed by atoms with Gasteiger partial charge in [0.1, 0.15) is 23.3 Å². The van der Waals surface area contributed by atoms with Crippen molar-refractivity contribution in [2.75, 3.05) is 28.4 Å². The molecule has 0 atom stereocenters. The first-order valence-corrected chi connectivity index (χ1v) is 7.93. The van der Waals surface area contributed by atoms with Gasteiger partial charge in [0.25, 0.3) is 0 Å². The topological polar surface area (TPSA) is 136 Å². The summed E-state index contributed by atoms with van der Waals surface area (Å²) < 4.78 is 30.3. The zero-order valence-corrected chi connectivity index (χ0v) is 16.0. The molecular weight excluding hydrogens is 388 g/mol. The number of carboxylic acids is 1. The number of methoxy groups -OCH3 is 4. The van der Waals surface area contributed by atoms with Gasteiger partial charge in [0, 0.05) is 0 Å². The summed E-state index contributed by atoms with van der Waals surface area (Å²) in [4.78, 5) is 31.6. The Bertz CT molecular complexity index is 905. The zero-order valence-electron chi connectivity index (χ0n) is 16.0. The quantitative estimate of drug-likeness (QED) is 0.372. The predicted molar refractivity (Wildman–Crippen MR) is 96.3 cm³/mol. The normalized spacial score (nSPS) is 10.7. The summed E-state index contributed by atoms with van der Waals surface area (Å²) >= 11 is 0. The van der Waals surface area contributed by atoms with E-state index in [1.165, 1.54) is 45.6 Å². The van der Waals surface area contributed by atoms with Crippen LogP contribution in [-0.4, -0.2) is 55.5 Å². The number of aromatic carboxylic acids is 1. The van der Waals surface area contributed by atoms with Gasteiger partial charge in [-0.05, 0) is 12.1 Å². The smallest absolute Gasteiger partial charge is 0.377 e. The number of hydrogen-bond donors (Lipinski definition) is 1. The molecule has 0 spiro atoms. The van der Waals surface area contributed by atoms with Crippen LogP contribution in [0.4, 0.5) is 0 Å². The van der Waals surface area contributed by atoms with E-state index in [9.17, 15) is 14.7 Å². The highest BCUT2D eigenvalue weighted by molar-refractivity contribution is 5.95. The second-order valence-electron chi connectivity index (χ2n) is 5.08. The Kier molecular flexibility index (Phi) is 7.18. The maximum Gasteiger partial charge on any atom is 0.377 e. The van der Waals surface area contributed by atoms with E-state index >= 15 is 0 Å². The Labute approximate surface area is 165 Å². The summed E-state index contributed by atoms with van der Waals surface area (Å²) in [7, 11) is 5.20. The second-order valence-corrected chi connectivity index (χ2v) is 5.08. The maximum absolute atomic E-state index is 11.8. The van der Waals surface area contributed by atoms with Crippen LogP contribution >= 0.6 is 0 Å². The molecule has 29 heavy (non-hydrogen) atoms. The zero-order chi connectivity index (χ0) is 21.4. The van der Waals surface area contributed by atoms with Crippen molar-refractivity contribution in [3.63, 3.8) is 0 Å². The van der Waals surface area contributed by atoms with Crippen molar-refractivity contribution in [3.05, 3.63) is 41.9 Å². The average Bonchev–Trinajstić information content (AvgIpc) is 2.72. The Morgan fingerprint density at radius 2 is 1.62 bits per heavy atom. The SMILES string of the molecule is CO/C=C(/Oc1cccc(Oc2nc(OC)cc(OC)n2)c1C(=O)O)C(=O)OC. The minimum Gasteiger partial charge on any atom is -0.500 e. The van der Waals surface area contributed by atoms with Crippen molar-refractivity contribution in [2.45, 2.75) is 0 Å². The van der Waals surface area contributed by atoms with E-state index in [2.05, 4.69) is 14.7 Å². The van der Waals surface area contributed by atoms with Crippen LogP contribution in [-0.2, 0) is 14.3 Å². The van der Waals surface area contributed by atoms with Crippen LogP contribution in [0.3, 0.4) is 0 Å². The molecule has 1 aromatic carbocycles. The molecule has 2 aromatic rings. The molecule has 0 aliphatic heterocycles. The predicted octanol–water partition coefficient (Wildman–Crippen LogP) is 2.02. The first kappa shape index (κ1) is 21.3. The molecule has 0 saturated carbocycles. The molecule has 2 rings (SSSR count). The molecule has 0 aliphatic carbocycles. The Hall–Kier alpha value is -4.02. The molecular formula is C18H18N2O9. The number of hydrogen-bond acceptors (Lipinski definition) is 10. The number of carbonyl (C=O) groups excluding carboxylic acids is 1. The number of carbonyl (C=O) groups is 2. The lowest BCUT2D eigenvalue weighted by molar-refractivity contribution is -0.138. The Morgan fingerprint density at radius 1 is 1.00 bits per heavy atom. The van der Waals surface area contributed by atoms with Gasteiger partial charge in [-0.15, -0.1) is 0 Å². The molecule has 0 unspecified atom stereocenters. The minimum absolute atomic E-state index is 0.145. The molecule has 0 saturated heterocycles. The van der Waals surface area contributed by atoms with Crippen LogP contribution in [0.2, 0.25) is 0 Å². The summed E-state index contributed by atoms with van der Waals surface area (Å²) in [5.74, 6) is -2.67. The minimum atomic E-state index is -1.38. The van der Waals surface area contributed by atoms with Crippen molar-refractivity contribution in [3.8, 4) is 29.3 Å². The van der Waals surface area contributed by atoms with Gasteiger partial charge in [-0.1, -0.05) is 6.07 Å². The lowest BCUT2D eigenvalue weighted by atomic mass is 10.2. The van der Waals surface area contributed by atoms with E-state index in [0.717, 1.165) is 13.4 Å². The van der Waals surface area contributed by atoms with E-state index < -0.39 is 11.9 Å². The highest BCUT2D eigenvalue weighted by atomic mass is 16.6. The van der Waals surface area contributed by atoms with E-state index in [1.54, 1.807) is 0 Å². The fraction of sp³-hybridized carbons (Fsp3) is 0.222. The van der Waals surface area contributed by atoms with Gasteiger partial charge in [-0.2, -0.15) is 9.97 Å². The molecule has 1 aromatic heterocycles. The molecule has 0 aliphatic rings. The molecule has 1 N–H and O–H groups in total. The summed E-state index contributed by atoms with van der Waals surface area (Å²) in [6.45, 7) is 0. The third kappa shape index (κ3) is 5.25. The molecule has 0 fully saturated rings. The fourth-order valence-corrected chi connectivity index (χ4v) is 2.07. The largest absolute Gasteiger partial charge is 0.500 e. The van der Waals surface area contributed by atoms with Crippen LogP contribution in [0.1, 0.15) is 10.4 Å². The van der Waals surface area contributed by atoms with Crippen molar-refractivity contribution in [2.24, 2.45) is 0 Å². The standard InChI is InChI=1S/C18H18N2O9/c1-24-9-12(17(23)27-4)28-10-6-5-7-11(15(10)16(21)22)29-18-19-13(25-2)8-14(20-18)26-3/h5-9H,1-4H3,(H,21,22)/b12-9+. The maximum atomic E-state index is 11.8. The number of nitrogens with zero attached hydrogens (tertiary/aromatic N) is 2. The Morgan fingerprint density at radius 3 is 2.14 bits per heavy atom. The van der Waals surface area contributed by atoms with Gasteiger partial charge in [0.05, 0.1) is 34.5 Å². The molecule has 0 bridgehead atoms. The number of benzene rings is 1. The van der Waals surface area contributed by atoms with Gasteiger partial charge < -0.3 is 33.5 Å². The molecule has 154 valence electrons. The van der Waals surface area contributed by atoms with Crippen molar-refractivity contribution in [1.82, 2.24) is 9.97 Å². The number of rotatable bonds is 9. The van der Waals surface area contributed by atoms with Gasteiger partial charge in [0.2, 0.25) is 17.5 Å². The van der Waals surface area contributed by atoms with Crippen LogP contribution < -0.4 is 18.9 Å². The van der Waals surface area contributed by atoms with Gasteiger partial charge in [0.15, 0.2) is 0 Å². The number of aromatic nitrogens is 2. The third-order valence-electron chi connectivity index (χ3n) is 3.31. The summed E-state index contributed by atoms with van der Waals surface area (Å²) in [6.07, 6.45) is 0.973. The van der Waals surface area contributed by atoms with E-state index in [1.807, 2.05) is 0 Å². The lowest BCUT2D eigenvalue weighted by Gasteiger charge is -2.14. The van der Waals surface area contributed by atoms with E-state index in [4.69, 9.17) is 23.7 Å². The van der Waals surface area contributed by atoms with E-state index in [0.29, 0.717) is 0 Å². The van der Waals surface area contributed by atoms with Crippen molar-refractivity contribution in [1.29, 1.82) is 0 Å². The highest BCUT2D eigenvalue weighted by Gasteiger charge is 2.23. The summed E-state index contributed by atoms with van der Waals surface area (Å²) in [5.41, 5.74) is -0.385. The number of carboxylic acid groups (broad SMARTS) is 1. The van der Waals surface area contributed by atoms with Crippen LogP contribution in [0.25, 0.3) is 0 Å². The lowest BCUT2D eigenvalue weighted by Crippen LogP contribution is -2.13. The average molecular weight is 406 g/mol. The van der Waals surface area contributed by atoms with Crippen LogP contribution in [0, 0.1) is 0 Å².